The standard InChI is InChI=1S/C8H14F3NO/c1-5-3-7(13,8(9,10)11)4-6(2)12-5/h5-6,12-13H,3-4H2,1-2H3. The summed E-state index contributed by atoms with van der Waals surface area (Å²) >= 11 is 0. The second-order valence-electron chi connectivity index (χ2n) is 3.91. The minimum absolute atomic E-state index is 0.263. The molecule has 2 nitrogen and oxygen atoms in total. The molecule has 0 aliphatic carbocycles. The highest BCUT2D eigenvalue weighted by Crippen LogP contribution is 2.39. The van der Waals surface area contributed by atoms with Gasteiger partial charge in [-0.25, -0.2) is 0 Å². The van der Waals surface area contributed by atoms with Gasteiger partial charge in [0.2, 0.25) is 0 Å². The van der Waals surface area contributed by atoms with Crippen molar-refractivity contribution < 1.29 is 18.3 Å². The van der Waals surface area contributed by atoms with Crippen LogP contribution in [0.5, 0.6) is 0 Å². The third-order valence-electron chi connectivity index (χ3n) is 2.38. The van der Waals surface area contributed by atoms with Crippen LogP contribution in [-0.2, 0) is 0 Å². The van der Waals surface area contributed by atoms with Crippen LogP contribution in [0.1, 0.15) is 26.7 Å². The molecule has 1 aliphatic rings. The minimum Gasteiger partial charge on any atom is -0.380 e. The molecule has 0 saturated carbocycles. The van der Waals surface area contributed by atoms with Gasteiger partial charge in [0.05, 0.1) is 0 Å². The fourth-order valence-corrected chi connectivity index (χ4v) is 1.93. The largest absolute Gasteiger partial charge is 0.417 e. The molecule has 1 aliphatic heterocycles. The molecular formula is C8H14F3NO. The van der Waals surface area contributed by atoms with E-state index in [0.29, 0.717) is 0 Å². The quantitative estimate of drug-likeness (QED) is 0.616. The van der Waals surface area contributed by atoms with Gasteiger partial charge in [0, 0.05) is 24.9 Å². The summed E-state index contributed by atoms with van der Waals surface area (Å²) < 4.78 is 37.2. The van der Waals surface area contributed by atoms with Crippen LogP contribution in [0.15, 0.2) is 0 Å². The first-order valence-corrected chi connectivity index (χ1v) is 4.30. The molecule has 78 valence electrons. The maximum absolute atomic E-state index is 12.4. The van der Waals surface area contributed by atoms with Gasteiger partial charge in [-0.05, 0) is 13.8 Å². The molecule has 0 radical (unpaired) electrons. The molecule has 0 bridgehead atoms. The van der Waals surface area contributed by atoms with Crippen molar-refractivity contribution in [3.8, 4) is 0 Å². The number of rotatable bonds is 0. The van der Waals surface area contributed by atoms with Crippen molar-refractivity contribution in [2.24, 2.45) is 0 Å². The number of hydrogen-bond acceptors (Lipinski definition) is 2. The summed E-state index contributed by atoms with van der Waals surface area (Å²) in [6, 6.07) is -0.592. The Bertz CT molecular complexity index is 182. The molecular weight excluding hydrogens is 183 g/mol. The molecule has 2 N–H and O–H groups in total. The predicted octanol–water partition coefficient (Wildman–Crippen LogP) is 1.44. The maximum Gasteiger partial charge on any atom is 0.417 e. The summed E-state index contributed by atoms with van der Waals surface area (Å²) in [5.74, 6) is 0. The summed E-state index contributed by atoms with van der Waals surface area (Å²) in [6.07, 6.45) is -5.04. The molecule has 1 heterocycles. The smallest absolute Gasteiger partial charge is 0.380 e. The molecule has 1 rings (SSSR count). The van der Waals surface area contributed by atoms with Gasteiger partial charge >= 0.3 is 6.18 Å². The second kappa shape index (κ2) is 3.13. The Balaban J connectivity index is 2.78. The number of aliphatic hydroxyl groups is 1. The summed E-state index contributed by atoms with van der Waals surface area (Å²) in [5.41, 5.74) is -2.50. The highest BCUT2D eigenvalue weighted by atomic mass is 19.4. The molecule has 5 heteroatoms. The number of halogens is 3. The highest BCUT2D eigenvalue weighted by molar-refractivity contribution is 4.96. The normalized spacial score (nSPS) is 42.0. The Morgan fingerprint density at radius 2 is 1.62 bits per heavy atom. The van der Waals surface area contributed by atoms with Gasteiger partial charge in [0.25, 0.3) is 0 Å². The van der Waals surface area contributed by atoms with Gasteiger partial charge < -0.3 is 10.4 Å². The van der Waals surface area contributed by atoms with E-state index in [1.165, 1.54) is 0 Å². The highest BCUT2D eigenvalue weighted by Gasteiger charge is 2.56. The first-order valence-electron chi connectivity index (χ1n) is 4.30. The van der Waals surface area contributed by atoms with Gasteiger partial charge in [0.15, 0.2) is 5.60 Å². The van der Waals surface area contributed by atoms with Gasteiger partial charge in [-0.1, -0.05) is 0 Å². The number of hydrogen-bond donors (Lipinski definition) is 2. The number of nitrogens with one attached hydrogen (secondary N) is 1. The lowest BCUT2D eigenvalue weighted by Gasteiger charge is -2.40. The SMILES string of the molecule is CC1CC(O)(C(F)(F)F)CC(C)N1. The molecule has 0 aromatic rings. The van der Waals surface area contributed by atoms with Gasteiger partial charge in [-0.2, -0.15) is 13.2 Å². The first-order chi connectivity index (χ1) is 5.74. The number of alkyl halides is 3. The van der Waals surface area contributed by atoms with Crippen LogP contribution < -0.4 is 5.32 Å². The van der Waals surface area contributed by atoms with Crippen molar-refractivity contribution in [1.29, 1.82) is 0 Å². The maximum atomic E-state index is 12.4. The van der Waals surface area contributed by atoms with Crippen molar-refractivity contribution in [3.05, 3.63) is 0 Å². The van der Waals surface area contributed by atoms with Crippen molar-refractivity contribution in [2.45, 2.75) is 50.6 Å². The Hall–Kier alpha value is -0.290. The van der Waals surface area contributed by atoms with E-state index in [-0.39, 0.29) is 24.9 Å². The summed E-state index contributed by atoms with van der Waals surface area (Å²) in [4.78, 5) is 0. The van der Waals surface area contributed by atoms with Crippen LogP contribution in [0.25, 0.3) is 0 Å². The zero-order valence-corrected chi connectivity index (χ0v) is 7.65. The van der Waals surface area contributed by atoms with E-state index >= 15 is 0 Å². The molecule has 13 heavy (non-hydrogen) atoms. The molecule has 0 aromatic carbocycles. The average molecular weight is 197 g/mol. The van der Waals surface area contributed by atoms with Crippen LogP contribution in [0.4, 0.5) is 13.2 Å². The van der Waals surface area contributed by atoms with E-state index in [0.717, 1.165) is 0 Å². The van der Waals surface area contributed by atoms with E-state index in [2.05, 4.69) is 5.32 Å². The zero-order chi connectivity index (χ0) is 10.3. The van der Waals surface area contributed by atoms with Crippen molar-refractivity contribution in [3.63, 3.8) is 0 Å². The number of piperidine rings is 1. The minimum atomic E-state index is -4.52. The van der Waals surface area contributed by atoms with Gasteiger partial charge in [-0.3, -0.25) is 0 Å². The average Bonchev–Trinajstić information content (AvgIpc) is 1.79. The third kappa shape index (κ3) is 2.14. The van der Waals surface area contributed by atoms with Crippen LogP contribution in [0.2, 0.25) is 0 Å². The molecule has 0 spiro atoms. The van der Waals surface area contributed by atoms with Crippen LogP contribution in [-0.4, -0.2) is 29.0 Å². The molecule has 2 unspecified atom stereocenters. The first kappa shape index (κ1) is 10.8. The lowest BCUT2D eigenvalue weighted by Crippen LogP contribution is -2.58. The zero-order valence-electron chi connectivity index (χ0n) is 7.65. The van der Waals surface area contributed by atoms with Crippen LogP contribution >= 0.6 is 0 Å². The lowest BCUT2D eigenvalue weighted by atomic mass is 9.84. The fourth-order valence-electron chi connectivity index (χ4n) is 1.93. The Kier molecular flexibility index (Phi) is 2.60. The Labute approximate surface area is 75.1 Å². The van der Waals surface area contributed by atoms with Crippen molar-refractivity contribution >= 4 is 0 Å². The molecule has 1 fully saturated rings. The summed E-state index contributed by atoms with van der Waals surface area (Å²) in [6.45, 7) is 3.29. The van der Waals surface area contributed by atoms with E-state index < -0.39 is 11.8 Å². The second-order valence-corrected chi connectivity index (χ2v) is 3.91. The molecule has 0 aromatic heterocycles. The summed E-state index contributed by atoms with van der Waals surface area (Å²) in [5, 5.41) is 12.3. The van der Waals surface area contributed by atoms with E-state index in [1.54, 1.807) is 13.8 Å². The Morgan fingerprint density at radius 3 is 1.92 bits per heavy atom. The van der Waals surface area contributed by atoms with Gasteiger partial charge in [-0.15, -0.1) is 0 Å². The fraction of sp³-hybridized carbons (Fsp3) is 1.00. The van der Waals surface area contributed by atoms with E-state index in [9.17, 15) is 18.3 Å². The Morgan fingerprint density at radius 1 is 1.23 bits per heavy atom. The van der Waals surface area contributed by atoms with E-state index in [4.69, 9.17) is 0 Å². The van der Waals surface area contributed by atoms with Crippen LogP contribution in [0.3, 0.4) is 0 Å². The topological polar surface area (TPSA) is 32.3 Å². The molecule has 0 amide bonds. The van der Waals surface area contributed by atoms with Gasteiger partial charge in [0.1, 0.15) is 0 Å². The molecule has 1 saturated heterocycles. The van der Waals surface area contributed by atoms with Crippen molar-refractivity contribution in [2.75, 3.05) is 0 Å². The van der Waals surface area contributed by atoms with E-state index in [1.807, 2.05) is 0 Å². The third-order valence-corrected chi connectivity index (χ3v) is 2.38. The van der Waals surface area contributed by atoms with Crippen LogP contribution in [0, 0.1) is 0 Å². The predicted molar refractivity (Wildman–Crippen MR) is 42.3 cm³/mol. The van der Waals surface area contributed by atoms with Crippen molar-refractivity contribution in [1.82, 2.24) is 5.32 Å². The summed E-state index contributed by atoms with van der Waals surface area (Å²) in [7, 11) is 0. The lowest BCUT2D eigenvalue weighted by molar-refractivity contribution is -0.273. The monoisotopic (exact) mass is 197 g/mol. The molecule has 2 atom stereocenters.